The number of rotatable bonds is 7. The van der Waals surface area contributed by atoms with Gasteiger partial charge in [-0.1, -0.05) is 36.4 Å². The lowest BCUT2D eigenvalue weighted by atomic mass is 10.1. The zero-order chi connectivity index (χ0) is 24.3. The highest BCUT2D eigenvalue weighted by Crippen LogP contribution is 2.35. The van der Waals surface area contributed by atoms with Crippen molar-refractivity contribution in [2.45, 2.75) is 37.7 Å². The number of aliphatic hydroxyl groups is 1. The number of benzene rings is 3. The minimum Gasteiger partial charge on any atom is -0.469 e. The van der Waals surface area contributed by atoms with E-state index >= 15 is 0 Å². The van der Waals surface area contributed by atoms with Gasteiger partial charge in [0, 0.05) is 18.2 Å². The van der Waals surface area contributed by atoms with Crippen LogP contribution >= 0.6 is 0 Å². The van der Waals surface area contributed by atoms with Crippen LogP contribution in [0.25, 0.3) is 0 Å². The monoisotopic (exact) mass is 471 g/mol. The number of ether oxygens (including phenoxy) is 2. The van der Waals surface area contributed by atoms with E-state index in [9.17, 15) is 23.1 Å². The molecule has 3 aromatic carbocycles. The molecule has 2 unspecified atom stereocenters. The molecule has 0 fully saturated rings. The second kappa shape index (κ2) is 9.87. The van der Waals surface area contributed by atoms with Gasteiger partial charge in [0.2, 0.25) is 0 Å². The van der Waals surface area contributed by atoms with E-state index in [0.717, 1.165) is 23.3 Å². The summed E-state index contributed by atoms with van der Waals surface area (Å²) in [7, 11) is 1.30. The highest BCUT2D eigenvalue weighted by molar-refractivity contribution is 5.72. The van der Waals surface area contributed by atoms with Crippen molar-refractivity contribution in [3.8, 4) is 11.5 Å². The van der Waals surface area contributed by atoms with E-state index in [2.05, 4.69) is 10.1 Å². The minimum atomic E-state index is -4.50. The number of nitrogens with one attached hydrogen (secondary N) is 1. The Bertz CT molecular complexity index is 1180. The minimum absolute atomic E-state index is 0.0508. The number of alkyl halides is 3. The highest BCUT2D eigenvalue weighted by Gasteiger charge is 2.33. The number of hydrogen-bond donors (Lipinski definition) is 2. The maximum absolute atomic E-state index is 13.4. The van der Waals surface area contributed by atoms with Crippen LogP contribution in [0.3, 0.4) is 0 Å². The summed E-state index contributed by atoms with van der Waals surface area (Å²) in [5.41, 5.74) is 2.00. The molecule has 178 valence electrons. The van der Waals surface area contributed by atoms with Crippen molar-refractivity contribution < 1.29 is 32.5 Å². The molecular formula is C26H24F3NO4. The molecule has 0 spiro atoms. The van der Waals surface area contributed by atoms with Gasteiger partial charge in [0.05, 0.1) is 25.2 Å². The summed E-state index contributed by atoms with van der Waals surface area (Å²) in [6, 6.07) is 17.2. The Balaban J connectivity index is 1.55. The number of esters is 1. The molecule has 0 amide bonds. The van der Waals surface area contributed by atoms with Crippen molar-refractivity contribution in [1.29, 1.82) is 0 Å². The summed E-state index contributed by atoms with van der Waals surface area (Å²) in [4.78, 5) is 11.6. The number of carbonyl (C=O) groups excluding carboxylic acids is 1. The lowest BCUT2D eigenvalue weighted by Crippen LogP contribution is -2.32. The van der Waals surface area contributed by atoms with Crippen molar-refractivity contribution in [2.24, 2.45) is 0 Å². The fraction of sp³-hybridized carbons (Fsp3) is 0.269. The summed E-state index contributed by atoms with van der Waals surface area (Å²) in [5.74, 6) is 0.226. The van der Waals surface area contributed by atoms with E-state index in [4.69, 9.17) is 4.74 Å². The van der Waals surface area contributed by atoms with E-state index in [0.29, 0.717) is 23.3 Å². The Morgan fingerprint density at radius 3 is 2.62 bits per heavy atom. The number of hydrogen-bond acceptors (Lipinski definition) is 5. The van der Waals surface area contributed by atoms with Crippen molar-refractivity contribution in [3.05, 3.63) is 94.5 Å². The van der Waals surface area contributed by atoms with Gasteiger partial charge in [-0.15, -0.1) is 0 Å². The largest absolute Gasteiger partial charge is 0.469 e. The average Bonchev–Trinajstić information content (AvgIpc) is 3.13. The van der Waals surface area contributed by atoms with Crippen LogP contribution in [0.2, 0.25) is 0 Å². The predicted octanol–water partition coefficient (Wildman–Crippen LogP) is 4.96. The van der Waals surface area contributed by atoms with E-state index in [1.165, 1.54) is 13.2 Å². The predicted molar refractivity (Wildman–Crippen MR) is 119 cm³/mol. The average molecular weight is 471 g/mol. The molecule has 0 aromatic heterocycles. The standard InChI is InChI=1S/C26H24F3NO4/c1-33-24(31)12-16-5-4-7-20(11-16)34-23-10-9-19(26(27,28)29)13-18(23)15-30-22-14-17-6-2-3-8-21(17)25(22)32/h2-11,13,22,25,30,32H,12,14-15H2,1H3. The quantitative estimate of drug-likeness (QED) is 0.477. The Labute approximate surface area is 195 Å². The van der Waals surface area contributed by atoms with Crippen LogP contribution in [0.15, 0.2) is 66.7 Å². The number of aliphatic hydroxyl groups excluding tert-OH is 1. The fourth-order valence-corrected chi connectivity index (χ4v) is 4.08. The molecule has 0 heterocycles. The smallest absolute Gasteiger partial charge is 0.416 e. The van der Waals surface area contributed by atoms with E-state index in [-0.39, 0.29) is 24.8 Å². The zero-order valence-electron chi connectivity index (χ0n) is 18.4. The molecule has 2 N–H and O–H groups in total. The summed E-state index contributed by atoms with van der Waals surface area (Å²) in [6.45, 7) is 0.0663. The molecule has 0 saturated carbocycles. The Morgan fingerprint density at radius 1 is 1.09 bits per heavy atom. The van der Waals surface area contributed by atoms with Crippen LogP contribution in [0, 0.1) is 0 Å². The summed E-state index contributed by atoms with van der Waals surface area (Å²) >= 11 is 0. The highest BCUT2D eigenvalue weighted by atomic mass is 19.4. The maximum atomic E-state index is 13.4. The van der Waals surface area contributed by atoms with Crippen LogP contribution in [0.5, 0.6) is 11.5 Å². The van der Waals surface area contributed by atoms with Gasteiger partial charge >= 0.3 is 12.1 Å². The molecule has 4 rings (SSSR count). The number of fused-ring (bicyclic) bond motifs is 1. The van der Waals surface area contributed by atoms with Gasteiger partial charge in [0.25, 0.3) is 0 Å². The summed E-state index contributed by atoms with van der Waals surface area (Å²) < 4.78 is 50.7. The van der Waals surface area contributed by atoms with Crippen molar-refractivity contribution in [1.82, 2.24) is 5.32 Å². The van der Waals surface area contributed by atoms with Crippen molar-refractivity contribution in [3.63, 3.8) is 0 Å². The van der Waals surface area contributed by atoms with Crippen LogP contribution in [-0.4, -0.2) is 24.2 Å². The molecule has 1 aliphatic rings. The van der Waals surface area contributed by atoms with Crippen molar-refractivity contribution in [2.75, 3.05) is 7.11 Å². The van der Waals surface area contributed by atoms with Gasteiger partial charge in [0.15, 0.2) is 0 Å². The first kappa shape index (κ1) is 23.8. The van der Waals surface area contributed by atoms with Gasteiger partial charge in [-0.2, -0.15) is 13.2 Å². The molecule has 5 nitrogen and oxygen atoms in total. The number of halogens is 3. The zero-order valence-corrected chi connectivity index (χ0v) is 18.4. The molecule has 0 radical (unpaired) electrons. The number of carbonyl (C=O) groups is 1. The Kier molecular flexibility index (Phi) is 6.90. The Hall–Kier alpha value is -3.36. The normalized spacial score (nSPS) is 17.3. The number of methoxy groups -OCH3 is 1. The topological polar surface area (TPSA) is 67.8 Å². The molecule has 0 aliphatic heterocycles. The van der Waals surface area contributed by atoms with E-state index in [1.54, 1.807) is 24.3 Å². The fourth-order valence-electron chi connectivity index (χ4n) is 4.08. The third-order valence-electron chi connectivity index (χ3n) is 5.84. The third kappa shape index (κ3) is 5.40. The molecule has 8 heteroatoms. The van der Waals surface area contributed by atoms with Crippen LogP contribution < -0.4 is 10.1 Å². The molecule has 0 saturated heterocycles. The van der Waals surface area contributed by atoms with Gasteiger partial charge in [-0.05, 0) is 53.4 Å². The van der Waals surface area contributed by atoms with Crippen LogP contribution in [-0.2, 0) is 35.1 Å². The third-order valence-corrected chi connectivity index (χ3v) is 5.84. The maximum Gasteiger partial charge on any atom is 0.416 e. The first-order chi connectivity index (χ1) is 16.2. The van der Waals surface area contributed by atoms with Crippen LogP contribution in [0.4, 0.5) is 13.2 Å². The molecule has 34 heavy (non-hydrogen) atoms. The van der Waals surface area contributed by atoms with E-state index < -0.39 is 23.8 Å². The molecule has 3 aromatic rings. The van der Waals surface area contributed by atoms with Gasteiger partial charge < -0.3 is 19.9 Å². The van der Waals surface area contributed by atoms with Gasteiger partial charge in [0.1, 0.15) is 11.5 Å². The second-order valence-corrected chi connectivity index (χ2v) is 8.16. The lowest BCUT2D eigenvalue weighted by molar-refractivity contribution is -0.140. The second-order valence-electron chi connectivity index (χ2n) is 8.16. The molecule has 1 aliphatic carbocycles. The SMILES string of the molecule is COC(=O)Cc1cccc(Oc2ccc(C(F)(F)F)cc2CNC2Cc3ccccc3C2O)c1. The first-order valence-corrected chi connectivity index (χ1v) is 10.8. The molecular weight excluding hydrogens is 447 g/mol. The van der Waals surface area contributed by atoms with Gasteiger partial charge in [-0.25, -0.2) is 0 Å². The van der Waals surface area contributed by atoms with Crippen molar-refractivity contribution >= 4 is 5.97 Å². The summed E-state index contributed by atoms with van der Waals surface area (Å²) in [6.07, 6.45) is -4.63. The summed E-state index contributed by atoms with van der Waals surface area (Å²) in [5, 5.41) is 13.8. The van der Waals surface area contributed by atoms with E-state index in [1.807, 2.05) is 24.3 Å². The lowest BCUT2D eigenvalue weighted by Gasteiger charge is -2.20. The Morgan fingerprint density at radius 2 is 1.88 bits per heavy atom. The molecule has 0 bridgehead atoms. The first-order valence-electron chi connectivity index (χ1n) is 10.8. The van der Waals surface area contributed by atoms with Gasteiger partial charge in [-0.3, -0.25) is 4.79 Å². The molecule has 2 atom stereocenters. The van der Waals surface area contributed by atoms with Crippen LogP contribution in [0.1, 0.15) is 33.9 Å².